The number of anilines is 1. The zero-order valence-electron chi connectivity index (χ0n) is 12.9. The smallest absolute Gasteiger partial charge is 0.273 e. The highest BCUT2D eigenvalue weighted by atomic mass is 32.1. The number of piperazine rings is 1. The molecule has 0 saturated carbocycles. The molecule has 1 amide bonds. The van der Waals surface area contributed by atoms with Crippen LogP contribution >= 0.6 is 11.3 Å². The van der Waals surface area contributed by atoms with Gasteiger partial charge in [0.05, 0.1) is 0 Å². The van der Waals surface area contributed by atoms with Crippen molar-refractivity contribution in [3.05, 3.63) is 46.5 Å². The van der Waals surface area contributed by atoms with Crippen LogP contribution in [0.3, 0.4) is 0 Å². The first-order valence-electron chi connectivity index (χ1n) is 8.02. The van der Waals surface area contributed by atoms with E-state index in [1.807, 2.05) is 4.90 Å². The van der Waals surface area contributed by atoms with Gasteiger partial charge in [-0.3, -0.25) is 9.69 Å². The van der Waals surface area contributed by atoms with Gasteiger partial charge >= 0.3 is 0 Å². The minimum atomic E-state index is 0.00677. The Morgan fingerprint density at radius 2 is 1.78 bits per heavy atom. The SMILES string of the molecule is Nc1nc(C(=O)N2CCN(C3Cc4ccccc4C3)CC2)cs1. The number of carbonyl (C=O) groups excluding carboxylic acids is 1. The Kier molecular flexibility index (Phi) is 3.79. The van der Waals surface area contributed by atoms with Gasteiger partial charge in [-0.05, 0) is 24.0 Å². The van der Waals surface area contributed by atoms with Crippen LogP contribution in [0.1, 0.15) is 21.6 Å². The molecule has 0 atom stereocenters. The van der Waals surface area contributed by atoms with Crippen molar-refractivity contribution in [2.75, 3.05) is 31.9 Å². The summed E-state index contributed by atoms with van der Waals surface area (Å²) in [6.07, 6.45) is 2.26. The maximum absolute atomic E-state index is 12.4. The van der Waals surface area contributed by atoms with Crippen LogP contribution in [0.25, 0.3) is 0 Å². The number of benzene rings is 1. The summed E-state index contributed by atoms with van der Waals surface area (Å²) in [4.78, 5) is 20.9. The molecular formula is C17H20N4OS. The van der Waals surface area contributed by atoms with Gasteiger partial charge in [-0.2, -0.15) is 0 Å². The van der Waals surface area contributed by atoms with E-state index in [0.717, 1.165) is 39.0 Å². The summed E-state index contributed by atoms with van der Waals surface area (Å²) in [6.45, 7) is 3.40. The lowest BCUT2D eigenvalue weighted by atomic mass is 10.1. The van der Waals surface area contributed by atoms with Gasteiger partial charge in [-0.25, -0.2) is 4.98 Å². The van der Waals surface area contributed by atoms with Gasteiger partial charge in [0.1, 0.15) is 5.69 Å². The number of nitrogen functional groups attached to an aromatic ring is 1. The Morgan fingerprint density at radius 1 is 1.13 bits per heavy atom. The first-order chi connectivity index (χ1) is 11.2. The van der Waals surface area contributed by atoms with Crippen molar-refractivity contribution in [3.8, 4) is 0 Å². The average molecular weight is 328 g/mol. The van der Waals surface area contributed by atoms with E-state index < -0.39 is 0 Å². The van der Waals surface area contributed by atoms with Crippen molar-refractivity contribution in [3.63, 3.8) is 0 Å². The first-order valence-corrected chi connectivity index (χ1v) is 8.90. The minimum Gasteiger partial charge on any atom is -0.375 e. The second kappa shape index (κ2) is 5.94. The summed E-state index contributed by atoms with van der Waals surface area (Å²) < 4.78 is 0. The third kappa shape index (κ3) is 2.84. The van der Waals surface area contributed by atoms with Crippen LogP contribution in [0.2, 0.25) is 0 Å². The van der Waals surface area contributed by atoms with Crippen molar-refractivity contribution < 1.29 is 4.79 Å². The third-order valence-electron chi connectivity index (χ3n) is 4.89. The first kappa shape index (κ1) is 14.7. The highest BCUT2D eigenvalue weighted by Gasteiger charge is 2.30. The van der Waals surface area contributed by atoms with Gasteiger partial charge in [0, 0.05) is 37.6 Å². The van der Waals surface area contributed by atoms with Crippen LogP contribution in [0, 0.1) is 0 Å². The molecule has 2 heterocycles. The second-order valence-electron chi connectivity index (χ2n) is 6.23. The maximum atomic E-state index is 12.4. The number of nitrogens with two attached hydrogens (primary N) is 1. The molecule has 1 aromatic carbocycles. The Morgan fingerprint density at radius 3 is 2.35 bits per heavy atom. The van der Waals surface area contributed by atoms with E-state index >= 15 is 0 Å². The van der Waals surface area contributed by atoms with E-state index in [-0.39, 0.29) is 5.91 Å². The maximum Gasteiger partial charge on any atom is 0.273 e. The molecule has 1 saturated heterocycles. The monoisotopic (exact) mass is 328 g/mol. The lowest BCUT2D eigenvalue weighted by Gasteiger charge is -2.37. The van der Waals surface area contributed by atoms with Crippen LogP contribution in [0.5, 0.6) is 0 Å². The van der Waals surface area contributed by atoms with Crippen molar-refractivity contribution in [1.29, 1.82) is 0 Å². The van der Waals surface area contributed by atoms with Crippen LogP contribution < -0.4 is 5.73 Å². The summed E-state index contributed by atoms with van der Waals surface area (Å²) in [7, 11) is 0. The molecule has 1 aliphatic heterocycles. The molecule has 1 aliphatic carbocycles. The molecule has 5 nitrogen and oxygen atoms in total. The summed E-state index contributed by atoms with van der Waals surface area (Å²) in [6, 6.07) is 9.30. The van der Waals surface area contributed by atoms with Crippen LogP contribution in [-0.4, -0.2) is 52.9 Å². The molecular weight excluding hydrogens is 308 g/mol. The van der Waals surface area contributed by atoms with E-state index in [0.29, 0.717) is 16.9 Å². The molecule has 6 heteroatoms. The Balaban J connectivity index is 1.36. The number of carbonyl (C=O) groups is 1. The van der Waals surface area contributed by atoms with Crippen LogP contribution in [-0.2, 0) is 12.8 Å². The molecule has 1 fully saturated rings. The van der Waals surface area contributed by atoms with E-state index in [4.69, 9.17) is 5.73 Å². The predicted molar refractivity (Wildman–Crippen MR) is 91.6 cm³/mol. The number of nitrogens with zero attached hydrogens (tertiary/aromatic N) is 3. The fourth-order valence-corrected chi connectivity index (χ4v) is 4.17. The van der Waals surface area contributed by atoms with E-state index in [1.54, 1.807) is 5.38 Å². The van der Waals surface area contributed by atoms with Crippen LogP contribution in [0.15, 0.2) is 29.6 Å². The molecule has 0 radical (unpaired) electrons. The topological polar surface area (TPSA) is 62.5 Å². The van der Waals surface area contributed by atoms with E-state index in [2.05, 4.69) is 34.1 Å². The fraction of sp³-hybridized carbons (Fsp3) is 0.412. The molecule has 0 unspecified atom stereocenters. The van der Waals surface area contributed by atoms with Crippen molar-refractivity contribution >= 4 is 22.4 Å². The molecule has 23 heavy (non-hydrogen) atoms. The quantitative estimate of drug-likeness (QED) is 0.910. The Labute approximate surface area is 139 Å². The number of amides is 1. The van der Waals surface area contributed by atoms with Crippen molar-refractivity contribution in [2.45, 2.75) is 18.9 Å². The lowest BCUT2D eigenvalue weighted by Crippen LogP contribution is -2.52. The summed E-state index contributed by atoms with van der Waals surface area (Å²) in [5.41, 5.74) is 9.06. The third-order valence-corrected chi connectivity index (χ3v) is 5.56. The standard InChI is InChI=1S/C17H20N4OS/c18-17-19-15(11-23-17)16(22)21-7-5-20(6-8-21)14-9-12-3-1-2-4-13(12)10-14/h1-4,11,14H,5-10H2,(H2,18,19). The molecule has 2 aliphatic rings. The number of hydrogen-bond acceptors (Lipinski definition) is 5. The summed E-state index contributed by atoms with van der Waals surface area (Å²) in [5, 5.41) is 2.20. The Hall–Kier alpha value is -1.92. The van der Waals surface area contributed by atoms with Gasteiger partial charge in [0.15, 0.2) is 5.13 Å². The van der Waals surface area contributed by atoms with Crippen molar-refractivity contribution in [1.82, 2.24) is 14.8 Å². The lowest BCUT2D eigenvalue weighted by molar-refractivity contribution is 0.0571. The molecule has 0 bridgehead atoms. The number of aromatic nitrogens is 1. The van der Waals surface area contributed by atoms with Gasteiger partial charge in [0.2, 0.25) is 0 Å². The summed E-state index contributed by atoms with van der Waals surface area (Å²) >= 11 is 1.32. The van der Waals surface area contributed by atoms with Gasteiger partial charge in [0.25, 0.3) is 5.91 Å². The largest absolute Gasteiger partial charge is 0.375 e. The highest BCUT2D eigenvalue weighted by Crippen LogP contribution is 2.26. The van der Waals surface area contributed by atoms with Crippen LogP contribution in [0.4, 0.5) is 5.13 Å². The van der Waals surface area contributed by atoms with Crippen molar-refractivity contribution in [2.24, 2.45) is 0 Å². The zero-order chi connectivity index (χ0) is 15.8. The zero-order valence-corrected chi connectivity index (χ0v) is 13.8. The number of thiazole rings is 1. The normalized spacial score (nSPS) is 19.0. The van der Waals surface area contributed by atoms with Gasteiger partial charge < -0.3 is 10.6 Å². The number of rotatable bonds is 2. The number of hydrogen-bond donors (Lipinski definition) is 1. The van der Waals surface area contributed by atoms with E-state index in [1.165, 1.54) is 22.5 Å². The minimum absolute atomic E-state index is 0.00677. The molecule has 2 N–H and O–H groups in total. The Bertz CT molecular complexity index is 696. The average Bonchev–Trinajstić information content (AvgIpc) is 3.20. The molecule has 0 spiro atoms. The second-order valence-corrected chi connectivity index (χ2v) is 7.12. The fourth-order valence-electron chi connectivity index (χ4n) is 3.63. The molecule has 1 aromatic heterocycles. The molecule has 2 aromatic rings. The highest BCUT2D eigenvalue weighted by molar-refractivity contribution is 7.13. The molecule has 120 valence electrons. The predicted octanol–water partition coefficient (Wildman–Crippen LogP) is 1.65. The van der Waals surface area contributed by atoms with Gasteiger partial charge in [-0.1, -0.05) is 24.3 Å². The van der Waals surface area contributed by atoms with Gasteiger partial charge in [-0.15, -0.1) is 11.3 Å². The van der Waals surface area contributed by atoms with E-state index in [9.17, 15) is 4.79 Å². The molecule has 4 rings (SSSR count). The number of fused-ring (bicyclic) bond motifs is 1. The summed E-state index contributed by atoms with van der Waals surface area (Å²) in [5.74, 6) is 0.00677.